The fraction of sp³-hybridized carbons (Fsp3) is 0.318. The number of likely N-dealkylation sites (tertiary alicyclic amines) is 1. The number of hydrogen-bond acceptors (Lipinski definition) is 10. The van der Waals surface area contributed by atoms with Gasteiger partial charge in [-0.15, -0.1) is 0 Å². The molecule has 3 N–H and O–H groups in total. The SMILES string of the molecule is C1CCNCC1.O=C(Nc1ccc2c(c1)S(=O)(=O)C=C2)c1cc(Cl)ccc1OCCBr.O=C(Nc1ccc2c(c1)S(=O)(=O)C=C2)c1cc(Cl)ccc1OCCN1CCCCC1. The molecule has 2 amide bonds. The maximum absolute atomic E-state index is 12.9. The first-order valence-corrected chi connectivity index (χ1v) is 24.9. The predicted molar refractivity (Wildman–Crippen MR) is 246 cm³/mol. The van der Waals surface area contributed by atoms with Gasteiger partial charge >= 0.3 is 0 Å². The van der Waals surface area contributed by atoms with Gasteiger partial charge in [-0.1, -0.05) is 64.1 Å². The molecule has 0 spiro atoms. The Morgan fingerprint density at radius 3 is 1.56 bits per heavy atom. The molecule has 4 heterocycles. The van der Waals surface area contributed by atoms with E-state index in [1.807, 2.05) is 0 Å². The molecule has 0 saturated carbocycles. The first-order valence-electron chi connectivity index (χ1n) is 19.9. The molecule has 12 nitrogen and oxygen atoms in total. The summed E-state index contributed by atoms with van der Waals surface area (Å²) in [6, 6.07) is 19.2. The Labute approximate surface area is 375 Å². The highest BCUT2D eigenvalue weighted by atomic mass is 79.9. The number of fused-ring (bicyclic) bond motifs is 2. The molecule has 324 valence electrons. The van der Waals surface area contributed by atoms with Crippen LogP contribution in [0.25, 0.3) is 12.2 Å². The minimum atomic E-state index is -3.45. The van der Waals surface area contributed by atoms with Crippen molar-refractivity contribution in [2.75, 3.05) is 61.9 Å². The maximum atomic E-state index is 12.9. The second-order valence-electron chi connectivity index (χ2n) is 14.5. The van der Waals surface area contributed by atoms with Crippen molar-refractivity contribution >= 4 is 94.1 Å². The Hall–Kier alpha value is -4.22. The molecule has 4 aliphatic heterocycles. The molecule has 0 bridgehead atoms. The Bertz CT molecular complexity index is 2500. The molecule has 8 rings (SSSR count). The van der Waals surface area contributed by atoms with Gasteiger partial charge < -0.3 is 25.4 Å². The van der Waals surface area contributed by atoms with Gasteiger partial charge in [-0.05, 0) is 136 Å². The number of nitrogens with one attached hydrogen (secondary N) is 3. The second-order valence-corrected chi connectivity index (χ2v) is 19.8. The lowest BCUT2D eigenvalue weighted by atomic mass is 10.1. The van der Waals surface area contributed by atoms with Crippen molar-refractivity contribution in [3.63, 3.8) is 0 Å². The summed E-state index contributed by atoms with van der Waals surface area (Å²) in [5.74, 6) is 0.00492. The quantitative estimate of drug-likeness (QED) is 0.124. The molecule has 0 aromatic heterocycles. The molecule has 0 radical (unpaired) electrons. The van der Waals surface area contributed by atoms with E-state index in [2.05, 4.69) is 36.8 Å². The molecule has 0 unspecified atom stereocenters. The largest absolute Gasteiger partial charge is 0.492 e. The number of benzene rings is 4. The monoisotopic (exact) mass is 972 g/mol. The van der Waals surface area contributed by atoms with Gasteiger partial charge in [-0.3, -0.25) is 14.5 Å². The number of amides is 2. The number of rotatable bonds is 11. The number of hydrogen-bond donors (Lipinski definition) is 3. The van der Waals surface area contributed by atoms with E-state index >= 15 is 0 Å². The summed E-state index contributed by atoms with van der Waals surface area (Å²) in [7, 11) is -6.89. The number of anilines is 2. The number of sulfone groups is 2. The molecular formula is C44H47BrCl2N4O8S2. The third kappa shape index (κ3) is 12.9. The zero-order valence-corrected chi connectivity index (χ0v) is 38.0. The fourth-order valence-electron chi connectivity index (χ4n) is 6.89. The molecule has 0 aliphatic carbocycles. The van der Waals surface area contributed by atoms with E-state index in [0.29, 0.717) is 68.2 Å². The topological polar surface area (TPSA) is 160 Å². The van der Waals surface area contributed by atoms with E-state index in [4.69, 9.17) is 32.7 Å². The number of nitrogens with zero attached hydrogens (tertiary/aromatic N) is 1. The van der Waals surface area contributed by atoms with Crippen LogP contribution in [0, 0.1) is 0 Å². The third-order valence-electron chi connectivity index (χ3n) is 10.0. The van der Waals surface area contributed by atoms with Gasteiger partial charge in [-0.2, -0.15) is 0 Å². The van der Waals surface area contributed by atoms with Crippen LogP contribution in [0.3, 0.4) is 0 Å². The summed E-state index contributed by atoms with van der Waals surface area (Å²) in [4.78, 5) is 28.2. The number of halogens is 3. The highest BCUT2D eigenvalue weighted by Gasteiger charge is 2.24. The standard InChI is InChI=1S/C22H23ClN2O4S.C17H13BrClNO4S.C5H11N/c23-17-5-7-20(29-12-11-25-9-2-1-3-10-25)19(14-17)22(26)24-18-6-4-16-8-13-30(27,28)21(16)15-18;18-6-7-24-15-4-2-12(19)9-14(15)17(21)20-13-3-1-11-5-8-25(22,23)16(11)10-13;1-2-4-6-5-3-1/h4-8,13-15H,1-3,9-12H2,(H,24,26);1-5,8-10H,6-7H2,(H,20,21);6H,1-5H2. The van der Waals surface area contributed by atoms with Crippen LogP contribution in [0.5, 0.6) is 11.5 Å². The van der Waals surface area contributed by atoms with Gasteiger partial charge in [-0.25, -0.2) is 16.8 Å². The van der Waals surface area contributed by atoms with Crippen LogP contribution in [0.2, 0.25) is 10.0 Å². The van der Waals surface area contributed by atoms with E-state index in [0.717, 1.165) is 30.5 Å². The Morgan fingerprint density at radius 1 is 0.639 bits per heavy atom. The van der Waals surface area contributed by atoms with E-state index in [9.17, 15) is 26.4 Å². The van der Waals surface area contributed by atoms with Crippen molar-refractivity contribution in [3.8, 4) is 11.5 Å². The number of carbonyl (C=O) groups excluding carboxylic acids is 2. The molecule has 61 heavy (non-hydrogen) atoms. The van der Waals surface area contributed by atoms with Crippen LogP contribution in [0.4, 0.5) is 11.4 Å². The summed E-state index contributed by atoms with van der Waals surface area (Å²) >= 11 is 15.3. The summed E-state index contributed by atoms with van der Waals surface area (Å²) < 4.78 is 59.4. The average Bonchev–Trinajstić information content (AvgIpc) is 3.74. The molecule has 4 aromatic carbocycles. The van der Waals surface area contributed by atoms with Crippen LogP contribution in [-0.4, -0.2) is 84.8 Å². The van der Waals surface area contributed by atoms with Crippen LogP contribution in [0.1, 0.15) is 70.4 Å². The fourth-order valence-corrected chi connectivity index (χ4v) is 9.85. The van der Waals surface area contributed by atoms with Crippen molar-refractivity contribution in [2.24, 2.45) is 0 Å². The first-order chi connectivity index (χ1) is 29.3. The lowest BCUT2D eigenvalue weighted by molar-refractivity contribution is 0.101. The van der Waals surface area contributed by atoms with E-state index in [1.54, 1.807) is 60.7 Å². The smallest absolute Gasteiger partial charge is 0.259 e. The molecule has 2 fully saturated rings. The third-order valence-corrected chi connectivity index (χ3v) is 13.8. The summed E-state index contributed by atoms with van der Waals surface area (Å²) in [6.07, 6.45) is 11.0. The van der Waals surface area contributed by atoms with Crippen molar-refractivity contribution < 1.29 is 35.9 Å². The lowest BCUT2D eigenvalue weighted by Gasteiger charge is -2.26. The molecule has 2 saturated heterocycles. The average molecular weight is 975 g/mol. The molecule has 4 aromatic rings. The van der Waals surface area contributed by atoms with Gasteiger partial charge in [0.15, 0.2) is 0 Å². The predicted octanol–water partition coefficient (Wildman–Crippen LogP) is 9.10. The van der Waals surface area contributed by atoms with Crippen molar-refractivity contribution in [1.29, 1.82) is 0 Å². The minimum Gasteiger partial charge on any atom is -0.492 e. The Balaban J connectivity index is 0.000000181. The number of alkyl halides is 1. The van der Waals surface area contributed by atoms with Gasteiger partial charge in [0.25, 0.3) is 11.8 Å². The van der Waals surface area contributed by atoms with Crippen molar-refractivity contribution in [2.45, 2.75) is 48.3 Å². The first kappa shape index (κ1) is 46.3. The Morgan fingerprint density at radius 2 is 1.11 bits per heavy atom. The molecule has 4 aliphatic rings. The normalized spacial score (nSPS) is 16.8. The van der Waals surface area contributed by atoms with Crippen LogP contribution in [0.15, 0.2) is 93.4 Å². The zero-order chi connectivity index (χ0) is 43.4. The number of piperidine rings is 2. The van der Waals surface area contributed by atoms with Gasteiger partial charge in [0.05, 0.1) is 27.5 Å². The van der Waals surface area contributed by atoms with Crippen molar-refractivity contribution in [3.05, 3.63) is 116 Å². The van der Waals surface area contributed by atoms with E-state index in [-0.39, 0.29) is 15.4 Å². The van der Waals surface area contributed by atoms with Crippen LogP contribution >= 0.6 is 39.1 Å². The van der Waals surface area contributed by atoms with Gasteiger partial charge in [0.2, 0.25) is 19.7 Å². The molecule has 17 heteroatoms. The Kier molecular flexibility index (Phi) is 16.5. The number of carbonyl (C=O) groups is 2. The summed E-state index contributed by atoms with van der Waals surface area (Å²) in [5.41, 5.74) is 2.56. The minimum absolute atomic E-state index is 0.173. The summed E-state index contributed by atoms with van der Waals surface area (Å²) in [5, 5.41) is 12.5. The zero-order valence-electron chi connectivity index (χ0n) is 33.3. The lowest BCUT2D eigenvalue weighted by Crippen LogP contribution is -2.33. The van der Waals surface area contributed by atoms with E-state index in [1.165, 1.54) is 75.9 Å². The van der Waals surface area contributed by atoms with Crippen LogP contribution in [-0.2, 0) is 19.7 Å². The highest BCUT2D eigenvalue weighted by molar-refractivity contribution is 9.09. The van der Waals surface area contributed by atoms with Crippen LogP contribution < -0.4 is 25.4 Å². The van der Waals surface area contributed by atoms with E-state index < -0.39 is 31.5 Å². The molecular weight excluding hydrogens is 927 g/mol. The summed E-state index contributed by atoms with van der Waals surface area (Å²) in [6.45, 7) is 6.33. The highest BCUT2D eigenvalue weighted by Crippen LogP contribution is 2.32. The molecule has 0 atom stereocenters. The van der Waals surface area contributed by atoms with Crippen molar-refractivity contribution in [1.82, 2.24) is 10.2 Å². The number of ether oxygens (including phenoxy) is 2. The van der Waals surface area contributed by atoms with Gasteiger partial charge in [0.1, 0.15) is 18.1 Å². The maximum Gasteiger partial charge on any atom is 0.259 e. The second kappa shape index (κ2) is 21.7. The van der Waals surface area contributed by atoms with Gasteiger partial charge in [0, 0.05) is 44.1 Å².